The third-order valence-corrected chi connectivity index (χ3v) is 3.79. The number of ether oxygens (including phenoxy) is 2. The standard InChI is InChI=1S/C15H17N3O3/c1-8-15(17-7-16-8)10-5-14(19)18-11-6-13(21-3)12(20-2)4-9(10)11/h4,6-7,10H,5H2,1-3H3,(H,16,17)(H,18,19). The van der Waals surface area contributed by atoms with Crippen LogP contribution in [0.4, 0.5) is 5.69 Å². The van der Waals surface area contributed by atoms with Crippen molar-refractivity contribution in [3.63, 3.8) is 0 Å². The van der Waals surface area contributed by atoms with Gasteiger partial charge in [0.2, 0.25) is 5.91 Å². The Balaban J connectivity index is 2.15. The molecule has 0 radical (unpaired) electrons. The fourth-order valence-electron chi connectivity index (χ4n) is 2.75. The number of benzene rings is 1. The average molecular weight is 287 g/mol. The molecule has 21 heavy (non-hydrogen) atoms. The lowest BCUT2D eigenvalue weighted by molar-refractivity contribution is -0.116. The van der Waals surface area contributed by atoms with Crippen LogP contribution in [0.2, 0.25) is 0 Å². The molecule has 1 amide bonds. The summed E-state index contributed by atoms with van der Waals surface area (Å²) in [6.45, 7) is 1.95. The number of methoxy groups -OCH3 is 2. The summed E-state index contributed by atoms with van der Waals surface area (Å²) in [6, 6.07) is 3.70. The van der Waals surface area contributed by atoms with E-state index < -0.39 is 0 Å². The van der Waals surface area contributed by atoms with Gasteiger partial charge < -0.3 is 19.8 Å². The zero-order valence-corrected chi connectivity index (χ0v) is 12.2. The number of aryl methyl sites for hydroxylation is 1. The maximum Gasteiger partial charge on any atom is 0.225 e. The van der Waals surface area contributed by atoms with Crippen LogP contribution in [0.25, 0.3) is 0 Å². The minimum Gasteiger partial charge on any atom is -0.493 e. The zero-order valence-electron chi connectivity index (χ0n) is 12.2. The van der Waals surface area contributed by atoms with Crippen molar-refractivity contribution in [2.45, 2.75) is 19.3 Å². The number of fused-ring (bicyclic) bond motifs is 1. The molecular formula is C15H17N3O3. The smallest absolute Gasteiger partial charge is 0.225 e. The van der Waals surface area contributed by atoms with Crippen molar-refractivity contribution in [3.05, 3.63) is 35.4 Å². The van der Waals surface area contributed by atoms with Crippen LogP contribution in [0.15, 0.2) is 18.5 Å². The van der Waals surface area contributed by atoms with Gasteiger partial charge in [-0.15, -0.1) is 0 Å². The molecule has 0 saturated carbocycles. The minimum atomic E-state index is -0.0835. The molecule has 0 fully saturated rings. The number of carbonyl (C=O) groups excluding carboxylic acids is 1. The molecule has 1 aromatic carbocycles. The molecule has 1 aliphatic rings. The maximum atomic E-state index is 12.0. The summed E-state index contributed by atoms with van der Waals surface area (Å²) in [5, 5.41) is 2.88. The van der Waals surface area contributed by atoms with Gasteiger partial charge in [-0.1, -0.05) is 0 Å². The summed E-state index contributed by atoms with van der Waals surface area (Å²) >= 11 is 0. The van der Waals surface area contributed by atoms with Gasteiger partial charge in [-0.25, -0.2) is 4.98 Å². The molecule has 3 rings (SSSR count). The first-order valence-corrected chi connectivity index (χ1v) is 6.69. The number of aromatic nitrogens is 2. The Labute approximate surface area is 122 Å². The van der Waals surface area contributed by atoms with Crippen molar-refractivity contribution in [2.75, 3.05) is 19.5 Å². The minimum absolute atomic E-state index is 0.0258. The number of hydrogen-bond donors (Lipinski definition) is 2. The summed E-state index contributed by atoms with van der Waals surface area (Å²) in [5.41, 5.74) is 3.59. The van der Waals surface area contributed by atoms with Gasteiger partial charge in [-0.05, 0) is 18.6 Å². The van der Waals surface area contributed by atoms with E-state index in [1.165, 1.54) is 0 Å². The number of nitrogens with zero attached hydrogens (tertiary/aromatic N) is 1. The molecule has 2 N–H and O–H groups in total. The highest BCUT2D eigenvalue weighted by Gasteiger charge is 2.30. The predicted molar refractivity (Wildman–Crippen MR) is 78.0 cm³/mol. The Bertz CT molecular complexity index is 693. The lowest BCUT2D eigenvalue weighted by Crippen LogP contribution is -2.24. The first-order valence-electron chi connectivity index (χ1n) is 6.69. The summed E-state index contributed by atoms with van der Waals surface area (Å²) in [4.78, 5) is 19.4. The summed E-state index contributed by atoms with van der Waals surface area (Å²) in [7, 11) is 3.17. The van der Waals surface area contributed by atoms with Crippen molar-refractivity contribution in [2.24, 2.45) is 0 Å². The van der Waals surface area contributed by atoms with Crippen LogP contribution < -0.4 is 14.8 Å². The fourth-order valence-corrected chi connectivity index (χ4v) is 2.75. The van der Waals surface area contributed by atoms with Gasteiger partial charge in [0.15, 0.2) is 11.5 Å². The van der Waals surface area contributed by atoms with Crippen molar-refractivity contribution in [3.8, 4) is 11.5 Å². The van der Waals surface area contributed by atoms with Gasteiger partial charge in [0, 0.05) is 29.8 Å². The van der Waals surface area contributed by atoms with E-state index in [9.17, 15) is 4.79 Å². The highest BCUT2D eigenvalue weighted by molar-refractivity contribution is 5.95. The number of hydrogen-bond acceptors (Lipinski definition) is 4. The van der Waals surface area contributed by atoms with E-state index >= 15 is 0 Å². The molecule has 0 saturated heterocycles. The Morgan fingerprint density at radius 3 is 2.57 bits per heavy atom. The van der Waals surface area contributed by atoms with Crippen LogP contribution in [-0.2, 0) is 4.79 Å². The quantitative estimate of drug-likeness (QED) is 0.907. The second-order valence-corrected chi connectivity index (χ2v) is 5.01. The normalized spacial score (nSPS) is 17.1. The summed E-state index contributed by atoms with van der Waals surface area (Å²) in [6.07, 6.45) is 2.02. The number of nitrogens with one attached hydrogen (secondary N) is 2. The number of rotatable bonds is 3. The molecule has 6 heteroatoms. The first kappa shape index (κ1) is 13.5. The third kappa shape index (κ3) is 2.22. The molecule has 110 valence electrons. The topological polar surface area (TPSA) is 76.2 Å². The molecule has 1 atom stereocenters. The third-order valence-electron chi connectivity index (χ3n) is 3.79. The molecule has 1 aliphatic heterocycles. The Morgan fingerprint density at radius 1 is 1.24 bits per heavy atom. The van der Waals surface area contributed by atoms with Gasteiger partial charge in [-0.2, -0.15) is 0 Å². The lowest BCUT2D eigenvalue weighted by atomic mass is 9.87. The van der Waals surface area contributed by atoms with E-state index in [4.69, 9.17) is 9.47 Å². The van der Waals surface area contributed by atoms with E-state index in [1.807, 2.05) is 13.0 Å². The molecular weight excluding hydrogens is 270 g/mol. The van der Waals surface area contributed by atoms with Crippen LogP contribution in [-0.4, -0.2) is 30.1 Å². The predicted octanol–water partition coefficient (Wildman–Crippen LogP) is 2.21. The average Bonchev–Trinajstić information content (AvgIpc) is 2.91. The first-order chi connectivity index (χ1) is 10.1. The van der Waals surface area contributed by atoms with Gasteiger partial charge in [0.1, 0.15) is 0 Å². The monoisotopic (exact) mass is 287 g/mol. The van der Waals surface area contributed by atoms with Crippen molar-refractivity contribution in [1.29, 1.82) is 0 Å². The van der Waals surface area contributed by atoms with Crippen LogP contribution in [0.1, 0.15) is 29.3 Å². The molecule has 0 bridgehead atoms. The van der Waals surface area contributed by atoms with E-state index in [0.29, 0.717) is 17.9 Å². The SMILES string of the molecule is COc1cc2c(cc1OC)C(c1nc[nH]c1C)CC(=O)N2. The molecule has 2 heterocycles. The number of H-pyrrole nitrogens is 1. The number of imidazole rings is 1. The van der Waals surface area contributed by atoms with Crippen LogP contribution in [0, 0.1) is 6.92 Å². The number of amides is 1. The Hall–Kier alpha value is -2.50. The Morgan fingerprint density at radius 2 is 1.95 bits per heavy atom. The van der Waals surface area contributed by atoms with Crippen molar-refractivity contribution in [1.82, 2.24) is 9.97 Å². The fraction of sp³-hybridized carbons (Fsp3) is 0.333. The zero-order chi connectivity index (χ0) is 15.0. The number of carbonyl (C=O) groups is 1. The van der Waals surface area contributed by atoms with E-state index in [2.05, 4.69) is 15.3 Å². The molecule has 6 nitrogen and oxygen atoms in total. The second-order valence-electron chi connectivity index (χ2n) is 5.01. The van der Waals surface area contributed by atoms with Gasteiger partial charge in [-0.3, -0.25) is 4.79 Å². The highest BCUT2D eigenvalue weighted by Crippen LogP contribution is 2.42. The van der Waals surface area contributed by atoms with Gasteiger partial charge in [0.25, 0.3) is 0 Å². The largest absolute Gasteiger partial charge is 0.493 e. The molecule has 0 spiro atoms. The number of aromatic amines is 1. The second kappa shape index (κ2) is 5.12. The van der Waals surface area contributed by atoms with Crippen LogP contribution >= 0.6 is 0 Å². The van der Waals surface area contributed by atoms with E-state index in [0.717, 1.165) is 22.6 Å². The summed E-state index contributed by atoms with van der Waals surface area (Å²) < 4.78 is 10.6. The summed E-state index contributed by atoms with van der Waals surface area (Å²) in [5.74, 6) is 1.13. The lowest BCUT2D eigenvalue weighted by Gasteiger charge is -2.26. The molecule has 1 aromatic heterocycles. The van der Waals surface area contributed by atoms with Crippen molar-refractivity contribution < 1.29 is 14.3 Å². The maximum absolute atomic E-state index is 12.0. The van der Waals surface area contributed by atoms with E-state index in [-0.39, 0.29) is 11.8 Å². The van der Waals surface area contributed by atoms with Gasteiger partial charge in [0.05, 0.1) is 26.2 Å². The van der Waals surface area contributed by atoms with Gasteiger partial charge >= 0.3 is 0 Å². The Kier molecular flexibility index (Phi) is 3.29. The van der Waals surface area contributed by atoms with E-state index in [1.54, 1.807) is 26.6 Å². The molecule has 0 aliphatic carbocycles. The highest BCUT2D eigenvalue weighted by atomic mass is 16.5. The van der Waals surface area contributed by atoms with Crippen LogP contribution in [0.5, 0.6) is 11.5 Å². The molecule has 2 aromatic rings. The van der Waals surface area contributed by atoms with Crippen molar-refractivity contribution >= 4 is 11.6 Å². The van der Waals surface area contributed by atoms with Crippen LogP contribution in [0.3, 0.4) is 0 Å². The number of anilines is 1. The molecule has 1 unspecified atom stereocenters.